The number of carbonyl (C=O) groups excluding carboxylic acids is 1. The number of hydrogen-bond acceptors (Lipinski definition) is 2. The molecule has 110 valence electrons. The molecular weight excluding hydrogens is 365 g/mol. The molecule has 0 N–H and O–H groups in total. The van der Waals surface area contributed by atoms with Crippen LogP contribution in [0.3, 0.4) is 0 Å². The lowest BCUT2D eigenvalue weighted by Gasteiger charge is -2.32. The highest BCUT2D eigenvalue weighted by Gasteiger charge is 2.24. The molecule has 0 bridgehead atoms. The van der Waals surface area contributed by atoms with Crippen LogP contribution in [0.2, 0.25) is 0 Å². The molecule has 0 radical (unpaired) electrons. The molecule has 0 saturated carbocycles. The molecule has 1 atom stereocenters. The van der Waals surface area contributed by atoms with Crippen LogP contribution in [0.4, 0.5) is 4.79 Å². The normalized spacial score (nSPS) is 18.9. The summed E-state index contributed by atoms with van der Waals surface area (Å²) in [4.78, 5) is 14.0. The molecule has 1 heterocycles. The van der Waals surface area contributed by atoms with E-state index in [1.165, 1.54) is 23.7 Å². The van der Waals surface area contributed by atoms with Crippen LogP contribution in [0, 0.1) is 5.92 Å². The predicted molar refractivity (Wildman–Crippen MR) is 89.0 cm³/mol. The lowest BCUT2D eigenvalue weighted by atomic mass is 9.94. The number of alkyl halides is 1. The van der Waals surface area contributed by atoms with Gasteiger partial charge < -0.3 is 9.64 Å². The molecule has 0 aliphatic carbocycles. The maximum atomic E-state index is 12.1. The van der Waals surface area contributed by atoms with Gasteiger partial charge in [0.1, 0.15) is 6.61 Å². The summed E-state index contributed by atoms with van der Waals surface area (Å²) in [5, 5.41) is 0. The molecule has 1 aromatic rings. The number of benzene rings is 1. The molecule has 1 aliphatic rings. The van der Waals surface area contributed by atoms with Gasteiger partial charge in [0, 0.05) is 13.1 Å². The third-order valence-electron chi connectivity index (χ3n) is 3.73. The average Bonchev–Trinajstić information content (AvgIpc) is 2.52. The molecule has 1 aromatic carbocycles. The molecule has 2 rings (SSSR count). The first kappa shape index (κ1) is 15.6. The zero-order valence-corrected chi connectivity index (χ0v) is 13.9. The quantitative estimate of drug-likeness (QED) is 0.559. The van der Waals surface area contributed by atoms with Crippen LogP contribution in [0.25, 0.3) is 0 Å². The van der Waals surface area contributed by atoms with Gasteiger partial charge in [0.15, 0.2) is 0 Å². The molecule has 0 spiro atoms. The minimum atomic E-state index is -0.159. The number of carbonyl (C=O) groups is 1. The Morgan fingerprint density at radius 3 is 2.90 bits per heavy atom. The predicted octanol–water partition coefficient (Wildman–Crippen LogP) is 4.25. The number of hydrogen-bond donors (Lipinski definition) is 0. The van der Waals surface area contributed by atoms with Gasteiger partial charge in [-0.15, -0.1) is 0 Å². The van der Waals surface area contributed by atoms with Gasteiger partial charge in [0.25, 0.3) is 0 Å². The lowest BCUT2D eigenvalue weighted by Crippen LogP contribution is -2.40. The zero-order valence-electron chi connectivity index (χ0n) is 11.8. The summed E-state index contributed by atoms with van der Waals surface area (Å²) in [6, 6.07) is 9.85. The Morgan fingerprint density at radius 2 is 2.15 bits per heavy atom. The highest BCUT2D eigenvalue weighted by molar-refractivity contribution is 14.1. The number of amides is 1. The van der Waals surface area contributed by atoms with E-state index in [0.717, 1.165) is 25.1 Å². The van der Waals surface area contributed by atoms with Gasteiger partial charge in [-0.2, -0.15) is 0 Å². The largest absolute Gasteiger partial charge is 0.445 e. The Bertz CT molecular complexity index is 410. The first-order valence-corrected chi connectivity index (χ1v) is 8.83. The summed E-state index contributed by atoms with van der Waals surface area (Å²) in [5.41, 5.74) is 1.04. The first-order chi connectivity index (χ1) is 9.79. The molecule has 3 nitrogen and oxygen atoms in total. The second-order valence-corrected chi connectivity index (χ2v) is 6.40. The summed E-state index contributed by atoms with van der Waals surface area (Å²) in [6.07, 6.45) is 4.67. The molecular formula is C16H22INO2. The van der Waals surface area contributed by atoms with Gasteiger partial charge in [0.05, 0.1) is 0 Å². The fourth-order valence-corrected chi connectivity index (χ4v) is 3.08. The van der Waals surface area contributed by atoms with E-state index in [-0.39, 0.29) is 6.09 Å². The van der Waals surface area contributed by atoms with Gasteiger partial charge in [0.2, 0.25) is 0 Å². The van der Waals surface area contributed by atoms with Crippen molar-refractivity contribution < 1.29 is 9.53 Å². The number of piperidine rings is 1. The van der Waals surface area contributed by atoms with Gasteiger partial charge in [-0.3, -0.25) is 0 Å². The number of ether oxygens (including phenoxy) is 1. The number of nitrogens with zero attached hydrogens (tertiary/aromatic N) is 1. The van der Waals surface area contributed by atoms with Gasteiger partial charge >= 0.3 is 6.09 Å². The monoisotopic (exact) mass is 387 g/mol. The molecule has 0 aromatic heterocycles. The van der Waals surface area contributed by atoms with Crippen molar-refractivity contribution in [2.45, 2.75) is 32.3 Å². The van der Waals surface area contributed by atoms with Crippen LogP contribution in [0.5, 0.6) is 0 Å². The van der Waals surface area contributed by atoms with Crippen LogP contribution in [0.1, 0.15) is 31.2 Å². The zero-order chi connectivity index (χ0) is 14.2. The number of rotatable bonds is 5. The Labute approximate surface area is 134 Å². The maximum absolute atomic E-state index is 12.1. The Balaban J connectivity index is 1.77. The Kier molecular flexibility index (Phi) is 6.63. The topological polar surface area (TPSA) is 29.5 Å². The smallest absolute Gasteiger partial charge is 0.410 e. The minimum Gasteiger partial charge on any atom is -0.445 e. The van der Waals surface area contributed by atoms with Crippen LogP contribution < -0.4 is 0 Å². The van der Waals surface area contributed by atoms with Crippen molar-refractivity contribution in [1.82, 2.24) is 4.90 Å². The van der Waals surface area contributed by atoms with E-state index in [9.17, 15) is 4.79 Å². The van der Waals surface area contributed by atoms with Crippen LogP contribution in [-0.2, 0) is 11.3 Å². The van der Waals surface area contributed by atoms with Crippen LogP contribution in [-0.4, -0.2) is 28.5 Å². The van der Waals surface area contributed by atoms with Crippen molar-refractivity contribution in [2.24, 2.45) is 5.92 Å². The van der Waals surface area contributed by atoms with Crippen molar-refractivity contribution in [3.05, 3.63) is 35.9 Å². The lowest BCUT2D eigenvalue weighted by molar-refractivity contribution is 0.0780. The summed E-state index contributed by atoms with van der Waals surface area (Å²) >= 11 is 2.42. The van der Waals surface area contributed by atoms with Crippen molar-refractivity contribution in [3.63, 3.8) is 0 Å². The number of likely N-dealkylation sites (tertiary alicyclic amines) is 1. The van der Waals surface area contributed by atoms with Crippen LogP contribution in [0.15, 0.2) is 30.3 Å². The van der Waals surface area contributed by atoms with Gasteiger partial charge in [-0.1, -0.05) is 52.9 Å². The second-order valence-electron chi connectivity index (χ2n) is 5.33. The molecule has 1 saturated heterocycles. The summed E-state index contributed by atoms with van der Waals surface area (Å²) < 4.78 is 6.61. The molecule has 1 fully saturated rings. The maximum Gasteiger partial charge on any atom is 0.410 e. The fraction of sp³-hybridized carbons (Fsp3) is 0.562. The van der Waals surface area contributed by atoms with Crippen molar-refractivity contribution in [3.8, 4) is 0 Å². The summed E-state index contributed by atoms with van der Waals surface area (Å²) in [5.74, 6) is 0.655. The third-order valence-corrected chi connectivity index (χ3v) is 4.49. The highest BCUT2D eigenvalue weighted by Crippen LogP contribution is 2.22. The summed E-state index contributed by atoms with van der Waals surface area (Å²) in [6.45, 7) is 2.08. The number of halogens is 1. The average molecular weight is 387 g/mol. The molecule has 20 heavy (non-hydrogen) atoms. The first-order valence-electron chi connectivity index (χ1n) is 7.31. The minimum absolute atomic E-state index is 0.159. The Hall–Kier alpha value is -0.780. The molecule has 0 unspecified atom stereocenters. The molecule has 4 heteroatoms. The SMILES string of the molecule is O=C(OCc1ccccc1)N1CCC[C@H](CCCI)C1. The highest BCUT2D eigenvalue weighted by atomic mass is 127. The van der Waals surface area contributed by atoms with E-state index in [1.54, 1.807) is 0 Å². The van der Waals surface area contributed by atoms with E-state index >= 15 is 0 Å². The Morgan fingerprint density at radius 1 is 1.35 bits per heavy atom. The standard InChI is InChI=1S/C16H22INO2/c17-10-4-8-14-9-5-11-18(12-14)16(19)20-13-15-6-2-1-3-7-15/h1-3,6-7,14H,4-5,8-13H2/t14-/m0/s1. The van der Waals surface area contributed by atoms with E-state index in [4.69, 9.17) is 4.74 Å². The molecule has 1 aliphatic heterocycles. The van der Waals surface area contributed by atoms with Crippen molar-refractivity contribution in [2.75, 3.05) is 17.5 Å². The van der Waals surface area contributed by atoms with Crippen molar-refractivity contribution in [1.29, 1.82) is 0 Å². The molecule has 1 amide bonds. The summed E-state index contributed by atoms with van der Waals surface area (Å²) in [7, 11) is 0. The van der Waals surface area contributed by atoms with E-state index in [2.05, 4.69) is 22.6 Å². The van der Waals surface area contributed by atoms with E-state index in [1.807, 2.05) is 35.2 Å². The van der Waals surface area contributed by atoms with Gasteiger partial charge in [-0.05, 0) is 41.6 Å². The van der Waals surface area contributed by atoms with Crippen molar-refractivity contribution >= 4 is 28.7 Å². The van der Waals surface area contributed by atoms with E-state index < -0.39 is 0 Å². The van der Waals surface area contributed by atoms with E-state index in [0.29, 0.717) is 12.5 Å². The fourth-order valence-electron chi connectivity index (χ4n) is 2.64. The second kappa shape index (κ2) is 8.49. The van der Waals surface area contributed by atoms with Crippen LogP contribution >= 0.6 is 22.6 Å². The third kappa shape index (κ3) is 4.96. The van der Waals surface area contributed by atoms with Gasteiger partial charge in [-0.25, -0.2) is 4.79 Å².